The lowest BCUT2D eigenvalue weighted by Gasteiger charge is -2.25. The Morgan fingerprint density at radius 3 is 1.92 bits per heavy atom. The van der Waals surface area contributed by atoms with E-state index >= 15 is 0 Å². The minimum Gasteiger partial charge on any atom is -0.290 e. The summed E-state index contributed by atoms with van der Waals surface area (Å²) in [7, 11) is 0. The van der Waals surface area contributed by atoms with E-state index in [1.165, 1.54) is 0 Å². The van der Waals surface area contributed by atoms with Gasteiger partial charge in [-0.15, -0.1) is 0 Å². The molecule has 3 heteroatoms. The molecule has 2 aromatic carbocycles. The van der Waals surface area contributed by atoms with Gasteiger partial charge in [0.1, 0.15) is 5.54 Å². The lowest BCUT2D eigenvalue weighted by atomic mass is 9.83. The van der Waals surface area contributed by atoms with Gasteiger partial charge in [-0.25, -0.2) is 0 Å². The Morgan fingerprint density at radius 2 is 1.33 bits per heavy atom. The van der Waals surface area contributed by atoms with Crippen LogP contribution in [0.1, 0.15) is 11.1 Å². The highest BCUT2D eigenvalue weighted by atomic mass is 79.9. The fraction of sp³-hybridized carbons (Fsp3) is 0.0476. The van der Waals surface area contributed by atoms with Gasteiger partial charge >= 0.3 is 0 Å². The molecule has 0 fully saturated rings. The van der Waals surface area contributed by atoms with Crippen molar-refractivity contribution < 1.29 is 4.79 Å². The number of aliphatic imine (C=N–C) groups is 1. The van der Waals surface area contributed by atoms with Crippen LogP contribution in [0.15, 0.2) is 94.4 Å². The number of benzene rings is 2. The molecule has 1 spiro atoms. The zero-order valence-corrected chi connectivity index (χ0v) is 14.4. The maximum atomic E-state index is 11.6. The van der Waals surface area contributed by atoms with Crippen molar-refractivity contribution in [1.82, 2.24) is 0 Å². The van der Waals surface area contributed by atoms with Gasteiger partial charge in [-0.2, -0.15) is 0 Å². The first-order chi connectivity index (χ1) is 11.7. The molecule has 1 aliphatic carbocycles. The van der Waals surface area contributed by atoms with Crippen LogP contribution < -0.4 is 0 Å². The van der Waals surface area contributed by atoms with E-state index in [2.05, 4.69) is 28.1 Å². The molecule has 4 rings (SSSR count). The fourth-order valence-corrected chi connectivity index (χ4v) is 3.97. The van der Waals surface area contributed by atoms with Crippen LogP contribution in [0.4, 0.5) is 0 Å². The number of nitrogens with zero attached hydrogens (tertiary/aromatic N) is 1. The molecule has 0 saturated heterocycles. The van der Waals surface area contributed by atoms with Crippen molar-refractivity contribution in [1.29, 1.82) is 0 Å². The van der Waals surface area contributed by atoms with E-state index in [0.29, 0.717) is 0 Å². The lowest BCUT2D eigenvalue weighted by Crippen LogP contribution is -2.23. The lowest BCUT2D eigenvalue weighted by molar-refractivity contribution is -0.110. The summed E-state index contributed by atoms with van der Waals surface area (Å²) in [5.41, 5.74) is 3.45. The highest BCUT2D eigenvalue weighted by Gasteiger charge is 2.40. The largest absolute Gasteiger partial charge is 0.290 e. The zero-order valence-electron chi connectivity index (χ0n) is 12.8. The second-order valence-electron chi connectivity index (χ2n) is 5.78. The van der Waals surface area contributed by atoms with Crippen LogP contribution in [-0.4, -0.2) is 17.0 Å². The molecule has 116 valence electrons. The second kappa shape index (κ2) is 5.84. The third-order valence-corrected chi connectivity index (χ3v) is 5.01. The average Bonchev–Trinajstić information content (AvgIpc) is 2.92. The Hall–Kier alpha value is -2.52. The van der Waals surface area contributed by atoms with Crippen molar-refractivity contribution in [2.24, 2.45) is 4.99 Å². The molecule has 0 radical (unpaired) electrons. The number of hydrogen-bond donors (Lipinski definition) is 0. The molecule has 0 amide bonds. The van der Waals surface area contributed by atoms with Crippen LogP contribution in [0.3, 0.4) is 0 Å². The second-order valence-corrected chi connectivity index (χ2v) is 6.57. The Labute approximate surface area is 149 Å². The Bertz CT molecular complexity index is 905. The maximum absolute atomic E-state index is 11.6. The van der Waals surface area contributed by atoms with Crippen molar-refractivity contribution in [2.45, 2.75) is 5.54 Å². The normalized spacial score (nSPS) is 18.4. The third kappa shape index (κ3) is 2.42. The number of rotatable bonds is 2. The van der Waals surface area contributed by atoms with Crippen molar-refractivity contribution in [2.75, 3.05) is 0 Å². The van der Waals surface area contributed by atoms with E-state index in [9.17, 15) is 4.79 Å². The monoisotopic (exact) mass is 375 g/mol. The number of hydrogen-bond acceptors (Lipinski definition) is 2. The smallest absolute Gasteiger partial charge is 0.178 e. The number of carbonyl (C=O) groups is 1. The molecule has 0 N–H and O–H groups in total. The Balaban J connectivity index is 1.95. The van der Waals surface area contributed by atoms with Gasteiger partial charge in [-0.05, 0) is 45.8 Å². The molecule has 0 saturated carbocycles. The van der Waals surface area contributed by atoms with E-state index in [-0.39, 0.29) is 5.78 Å². The van der Waals surface area contributed by atoms with E-state index < -0.39 is 5.54 Å². The quantitative estimate of drug-likeness (QED) is 0.745. The molecule has 0 bridgehead atoms. The number of ketones is 1. The maximum Gasteiger partial charge on any atom is 0.178 e. The third-order valence-electron chi connectivity index (χ3n) is 4.24. The van der Waals surface area contributed by atoms with Crippen molar-refractivity contribution in [3.8, 4) is 0 Å². The predicted octanol–water partition coefficient (Wildman–Crippen LogP) is 4.73. The first-order valence-electron chi connectivity index (χ1n) is 7.73. The summed E-state index contributed by atoms with van der Waals surface area (Å²) in [5.74, 6) is -0.00693. The first-order valence-corrected chi connectivity index (χ1v) is 8.53. The summed E-state index contributed by atoms with van der Waals surface area (Å²) in [5, 5.41) is 0. The minimum absolute atomic E-state index is 0.00693. The highest BCUT2D eigenvalue weighted by molar-refractivity contribution is 9.12. The molecule has 24 heavy (non-hydrogen) atoms. The zero-order chi connectivity index (χ0) is 16.6. The van der Waals surface area contributed by atoms with Gasteiger partial charge in [0.25, 0.3) is 0 Å². The minimum atomic E-state index is -0.640. The fourth-order valence-electron chi connectivity index (χ4n) is 3.10. The molecular weight excluding hydrogens is 362 g/mol. The van der Waals surface area contributed by atoms with E-state index in [4.69, 9.17) is 4.99 Å². The summed E-state index contributed by atoms with van der Waals surface area (Å²) >= 11 is 3.77. The average molecular weight is 376 g/mol. The molecule has 2 aromatic rings. The topological polar surface area (TPSA) is 29.4 Å². The summed E-state index contributed by atoms with van der Waals surface area (Å²) in [6, 6.07) is 20.2. The van der Waals surface area contributed by atoms with Gasteiger partial charge in [0.2, 0.25) is 0 Å². The van der Waals surface area contributed by atoms with Crippen LogP contribution in [0, 0.1) is 0 Å². The van der Waals surface area contributed by atoms with Crippen LogP contribution >= 0.6 is 15.9 Å². The van der Waals surface area contributed by atoms with Gasteiger partial charge in [-0.3, -0.25) is 9.79 Å². The van der Waals surface area contributed by atoms with E-state index in [1.807, 2.05) is 60.7 Å². The van der Waals surface area contributed by atoms with E-state index in [0.717, 1.165) is 26.9 Å². The molecule has 1 aliphatic heterocycles. The molecule has 0 atom stereocenters. The van der Waals surface area contributed by atoms with Crippen molar-refractivity contribution >= 4 is 33.0 Å². The van der Waals surface area contributed by atoms with Crippen LogP contribution in [0.5, 0.6) is 0 Å². The van der Waals surface area contributed by atoms with Crippen LogP contribution in [0.25, 0.3) is 5.57 Å². The van der Waals surface area contributed by atoms with Gasteiger partial charge in [0.05, 0.1) is 10.2 Å². The summed E-state index contributed by atoms with van der Waals surface area (Å²) in [6.07, 6.45) is 6.96. The van der Waals surface area contributed by atoms with Crippen LogP contribution in [-0.2, 0) is 4.79 Å². The number of halogens is 1. The molecule has 2 nitrogen and oxygen atoms in total. The van der Waals surface area contributed by atoms with E-state index in [1.54, 1.807) is 12.2 Å². The summed E-state index contributed by atoms with van der Waals surface area (Å²) < 4.78 is 0.962. The molecule has 1 heterocycles. The predicted molar refractivity (Wildman–Crippen MR) is 101 cm³/mol. The molecule has 2 aliphatic rings. The number of allylic oxidation sites excluding steroid dienone is 3. The SMILES string of the molecule is O=C1C=CC2(C=C1)N=C(c1ccccc1)C(Br)=C2c1ccccc1. The van der Waals surface area contributed by atoms with Gasteiger partial charge in [0.15, 0.2) is 5.78 Å². The molecule has 0 unspecified atom stereocenters. The molecular formula is C21H14BrNO. The van der Waals surface area contributed by atoms with Gasteiger partial charge < -0.3 is 0 Å². The molecule has 0 aromatic heterocycles. The van der Waals surface area contributed by atoms with Gasteiger partial charge in [0, 0.05) is 11.1 Å². The highest BCUT2D eigenvalue weighted by Crippen LogP contribution is 2.45. The van der Waals surface area contributed by atoms with Crippen molar-refractivity contribution in [3.05, 3.63) is 101 Å². The summed E-state index contributed by atoms with van der Waals surface area (Å²) in [4.78, 5) is 16.6. The first kappa shape index (κ1) is 15.0. The Morgan fingerprint density at radius 1 is 0.792 bits per heavy atom. The standard InChI is InChI=1S/C21H14BrNO/c22-19-18(15-7-3-1-4-8-15)21(13-11-17(24)12-14-21)23-20(19)16-9-5-2-6-10-16/h1-14H. The van der Waals surface area contributed by atoms with Gasteiger partial charge in [-0.1, -0.05) is 60.7 Å². The summed E-state index contributed by atoms with van der Waals surface area (Å²) in [6.45, 7) is 0. The Kier molecular flexibility index (Phi) is 3.66. The van der Waals surface area contributed by atoms with Crippen LogP contribution in [0.2, 0.25) is 0 Å². The van der Waals surface area contributed by atoms with Crippen molar-refractivity contribution in [3.63, 3.8) is 0 Å². The number of carbonyl (C=O) groups excluding carboxylic acids is 1.